The monoisotopic (exact) mass is 326 g/mol. The van der Waals surface area contributed by atoms with Gasteiger partial charge in [0.05, 0.1) is 29.9 Å². The van der Waals surface area contributed by atoms with Gasteiger partial charge in [-0.15, -0.1) is 0 Å². The highest BCUT2D eigenvalue weighted by Crippen LogP contribution is 2.28. The van der Waals surface area contributed by atoms with Crippen LogP contribution in [0.25, 0.3) is 11.0 Å². The van der Waals surface area contributed by atoms with Crippen LogP contribution in [-0.4, -0.2) is 41.9 Å². The van der Waals surface area contributed by atoms with Crippen molar-refractivity contribution in [3.63, 3.8) is 0 Å². The van der Waals surface area contributed by atoms with Crippen molar-refractivity contribution in [1.82, 2.24) is 35.3 Å². The summed E-state index contributed by atoms with van der Waals surface area (Å²) in [6, 6.07) is -0.131. The molecule has 1 aliphatic heterocycles. The minimum absolute atomic E-state index is 0.0187. The molecule has 0 saturated carbocycles. The number of anilines is 1. The summed E-state index contributed by atoms with van der Waals surface area (Å²) in [5.74, 6) is 0.765. The second-order valence-electron chi connectivity index (χ2n) is 5.82. The van der Waals surface area contributed by atoms with E-state index in [0.717, 1.165) is 23.9 Å². The van der Waals surface area contributed by atoms with E-state index in [1.165, 1.54) is 6.33 Å². The van der Waals surface area contributed by atoms with Crippen molar-refractivity contribution in [1.29, 1.82) is 0 Å². The number of hydrogen-bond donors (Lipinski definition) is 3. The molecule has 9 nitrogen and oxygen atoms in total. The van der Waals surface area contributed by atoms with Gasteiger partial charge >= 0.3 is 0 Å². The van der Waals surface area contributed by atoms with Crippen LogP contribution in [0.5, 0.6) is 0 Å². The Bertz CT molecular complexity index is 869. The molecule has 1 saturated heterocycles. The van der Waals surface area contributed by atoms with Gasteiger partial charge in [0.2, 0.25) is 5.91 Å². The van der Waals surface area contributed by atoms with Crippen LogP contribution in [0, 0.1) is 0 Å². The fraction of sp³-hybridized carbons (Fsp3) is 0.400. The lowest BCUT2D eigenvalue weighted by atomic mass is 9.93. The van der Waals surface area contributed by atoms with E-state index in [4.69, 9.17) is 0 Å². The van der Waals surface area contributed by atoms with E-state index < -0.39 is 0 Å². The molecular formula is C15H18N8O. The topological polar surface area (TPSA) is 113 Å². The molecule has 1 amide bonds. The van der Waals surface area contributed by atoms with Gasteiger partial charge in [-0.25, -0.2) is 9.97 Å². The quantitative estimate of drug-likeness (QED) is 0.659. The summed E-state index contributed by atoms with van der Waals surface area (Å²) < 4.78 is 1.85. The Kier molecular flexibility index (Phi) is 3.60. The first-order valence-electron chi connectivity index (χ1n) is 7.97. The molecule has 3 N–H and O–H groups in total. The number of aromatic nitrogens is 6. The lowest BCUT2D eigenvalue weighted by Crippen LogP contribution is -2.45. The van der Waals surface area contributed by atoms with Crippen LogP contribution >= 0.6 is 0 Å². The number of carbonyl (C=O) groups excluding carboxylic acids is 1. The number of H-pyrrole nitrogens is 1. The van der Waals surface area contributed by atoms with Gasteiger partial charge in [0.25, 0.3) is 0 Å². The molecule has 0 aliphatic carbocycles. The minimum atomic E-state index is -0.150. The molecule has 124 valence electrons. The van der Waals surface area contributed by atoms with Crippen molar-refractivity contribution >= 4 is 22.8 Å². The highest BCUT2D eigenvalue weighted by Gasteiger charge is 2.31. The van der Waals surface area contributed by atoms with Crippen LogP contribution in [-0.2, 0) is 11.3 Å². The van der Waals surface area contributed by atoms with Gasteiger partial charge in [-0.05, 0) is 13.3 Å². The van der Waals surface area contributed by atoms with E-state index in [0.29, 0.717) is 17.9 Å². The van der Waals surface area contributed by atoms with Crippen molar-refractivity contribution in [3.05, 3.63) is 30.5 Å². The number of nitrogens with zero attached hydrogens (tertiary/aromatic N) is 5. The summed E-state index contributed by atoms with van der Waals surface area (Å²) in [6.45, 7) is 2.82. The van der Waals surface area contributed by atoms with Crippen LogP contribution in [0.15, 0.2) is 24.9 Å². The maximum absolute atomic E-state index is 11.9. The van der Waals surface area contributed by atoms with Gasteiger partial charge in [0.15, 0.2) is 5.65 Å². The molecule has 1 aliphatic rings. The van der Waals surface area contributed by atoms with Crippen LogP contribution in [0.1, 0.15) is 31.4 Å². The standard InChI is InChI=1S/C15H18N8O/c1-2-23-7-9(5-19-23)13-11(3-4-12(24)21-13)20-14-10-6-18-22-15(10)17-8-16-14/h5-8,11,13H,2-4H2,1H3,(H,21,24)(H2,16,17,18,20,22)/t11-,13+/m1/s1. The summed E-state index contributed by atoms with van der Waals surface area (Å²) >= 11 is 0. The van der Waals surface area contributed by atoms with Gasteiger partial charge in [-0.2, -0.15) is 10.2 Å². The van der Waals surface area contributed by atoms with Crippen molar-refractivity contribution in [2.75, 3.05) is 5.32 Å². The van der Waals surface area contributed by atoms with E-state index in [9.17, 15) is 4.79 Å². The number of hydrogen-bond acceptors (Lipinski definition) is 6. The number of carbonyl (C=O) groups is 1. The Morgan fingerprint density at radius 2 is 2.29 bits per heavy atom. The SMILES string of the molecule is CCn1cc([C@@H]2NC(=O)CC[C@H]2Nc2ncnc3[nH]ncc23)cn1. The molecule has 0 radical (unpaired) electrons. The smallest absolute Gasteiger partial charge is 0.220 e. The summed E-state index contributed by atoms with van der Waals surface area (Å²) in [7, 11) is 0. The molecule has 0 spiro atoms. The van der Waals surface area contributed by atoms with Crippen molar-refractivity contribution in [3.8, 4) is 0 Å². The third-order valence-corrected chi connectivity index (χ3v) is 4.31. The molecule has 2 atom stereocenters. The number of fused-ring (bicyclic) bond motifs is 1. The summed E-state index contributed by atoms with van der Waals surface area (Å²) in [6.07, 6.45) is 8.17. The maximum Gasteiger partial charge on any atom is 0.220 e. The molecule has 24 heavy (non-hydrogen) atoms. The molecule has 4 heterocycles. The van der Waals surface area contributed by atoms with Crippen molar-refractivity contribution in [2.45, 2.75) is 38.4 Å². The molecule has 0 bridgehead atoms. The summed E-state index contributed by atoms with van der Waals surface area (Å²) in [4.78, 5) is 20.4. The molecule has 3 aromatic heterocycles. The van der Waals surface area contributed by atoms with Gasteiger partial charge in [0.1, 0.15) is 12.1 Å². The Balaban J connectivity index is 1.64. The Labute approximate surface area is 137 Å². The number of piperidine rings is 1. The predicted molar refractivity (Wildman–Crippen MR) is 87.1 cm³/mol. The Morgan fingerprint density at radius 3 is 3.12 bits per heavy atom. The molecule has 1 fully saturated rings. The van der Waals surface area contributed by atoms with Crippen molar-refractivity contribution in [2.24, 2.45) is 0 Å². The zero-order valence-corrected chi connectivity index (χ0v) is 13.2. The van der Waals surface area contributed by atoms with Crippen LogP contribution in [0.3, 0.4) is 0 Å². The molecule has 4 rings (SSSR count). The predicted octanol–water partition coefficient (Wildman–Crippen LogP) is 1.00. The van der Waals surface area contributed by atoms with Gasteiger partial charge in [-0.1, -0.05) is 0 Å². The van der Waals surface area contributed by atoms with Gasteiger partial charge in [-0.3, -0.25) is 14.6 Å². The van der Waals surface area contributed by atoms with E-state index in [2.05, 4.69) is 35.9 Å². The van der Waals surface area contributed by atoms with Gasteiger partial charge in [0, 0.05) is 24.7 Å². The molecular weight excluding hydrogens is 308 g/mol. The number of amides is 1. The highest BCUT2D eigenvalue weighted by molar-refractivity contribution is 5.86. The summed E-state index contributed by atoms with van der Waals surface area (Å²) in [5.41, 5.74) is 1.67. The van der Waals surface area contributed by atoms with E-state index >= 15 is 0 Å². The zero-order chi connectivity index (χ0) is 16.5. The number of rotatable bonds is 4. The Morgan fingerprint density at radius 1 is 1.38 bits per heavy atom. The van der Waals surface area contributed by atoms with E-state index in [-0.39, 0.29) is 18.0 Å². The average molecular weight is 326 g/mol. The first kappa shape index (κ1) is 14.6. The summed E-state index contributed by atoms with van der Waals surface area (Å²) in [5, 5.41) is 18.5. The van der Waals surface area contributed by atoms with E-state index in [1.807, 2.05) is 24.0 Å². The molecule has 9 heteroatoms. The van der Waals surface area contributed by atoms with Crippen LogP contribution < -0.4 is 10.6 Å². The first-order valence-corrected chi connectivity index (χ1v) is 7.97. The normalized spacial score (nSPS) is 21.0. The number of nitrogens with one attached hydrogen (secondary N) is 3. The highest BCUT2D eigenvalue weighted by atomic mass is 16.1. The van der Waals surface area contributed by atoms with Crippen LogP contribution in [0.4, 0.5) is 5.82 Å². The van der Waals surface area contributed by atoms with Crippen molar-refractivity contribution < 1.29 is 4.79 Å². The third-order valence-electron chi connectivity index (χ3n) is 4.31. The lowest BCUT2D eigenvalue weighted by Gasteiger charge is -2.32. The molecule has 3 aromatic rings. The largest absolute Gasteiger partial charge is 0.364 e. The minimum Gasteiger partial charge on any atom is -0.364 e. The van der Waals surface area contributed by atoms with E-state index in [1.54, 1.807) is 6.20 Å². The molecule has 0 unspecified atom stereocenters. The maximum atomic E-state index is 11.9. The second-order valence-corrected chi connectivity index (χ2v) is 5.82. The first-order chi connectivity index (χ1) is 11.7. The Hall–Kier alpha value is -2.97. The fourth-order valence-electron chi connectivity index (χ4n) is 3.04. The number of aryl methyl sites for hydroxylation is 1. The molecule has 0 aromatic carbocycles. The second kappa shape index (κ2) is 5.91. The average Bonchev–Trinajstić information content (AvgIpc) is 3.25. The van der Waals surface area contributed by atoms with Crippen LogP contribution in [0.2, 0.25) is 0 Å². The lowest BCUT2D eigenvalue weighted by molar-refractivity contribution is -0.123. The van der Waals surface area contributed by atoms with Gasteiger partial charge < -0.3 is 10.6 Å². The zero-order valence-electron chi connectivity index (χ0n) is 13.2. The third kappa shape index (κ3) is 2.57. The number of aromatic amines is 1. The fourth-order valence-corrected chi connectivity index (χ4v) is 3.04.